The molecule has 60 valence electrons. The molecule has 0 saturated heterocycles. The van der Waals surface area contributed by atoms with Crippen LogP contribution in [0.5, 0.6) is 0 Å². The highest BCUT2D eigenvalue weighted by molar-refractivity contribution is 7.78. The van der Waals surface area contributed by atoms with Crippen LogP contribution in [0.3, 0.4) is 0 Å². The average molecular weight is 208 g/mol. The number of hydrogen-bond acceptors (Lipinski definition) is 2. The third-order valence-electron chi connectivity index (χ3n) is 1.28. The normalized spacial score (nSPS) is 10.1. The summed E-state index contributed by atoms with van der Waals surface area (Å²) in [5, 5.41) is 1.39. The van der Waals surface area contributed by atoms with Crippen molar-refractivity contribution in [1.82, 2.24) is 4.72 Å². The molecule has 0 heterocycles. The number of nitrogens with one attached hydrogen (secondary N) is 1. The van der Waals surface area contributed by atoms with Gasteiger partial charge in [-0.2, -0.15) is 0 Å². The Labute approximate surface area is 81.2 Å². The van der Waals surface area contributed by atoms with Gasteiger partial charge >= 0.3 is 0 Å². The maximum absolute atomic E-state index is 5.84. The Morgan fingerprint density at radius 1 is 1.36 bits per heavy atom. The van der Waals surface area contributed by atoms with E-state index in [2.05, 4.69) is 17.5 Å². The molecule has 0 radical (unpaired) electrons. The van der Waals surface area contributed by atoms with Crippen LogP contribution in [0.4, 0.5) is 0 Å². The number of rotatable bonds is 2. The molecule has 0 spiro atoms. The molecule has 11 heavy (non-hydrogen) atoms. The molecule has 0 aliphatic carbocycles. The lowest BCUT2D eigenvalue weighted by atomic mass is 10.2. The highest BCUT2D eigenvalue weighted by atomic mass is 35.5. The predicted molar refractivity (Wildman–Crippen MR) is 52.3 cm³/mol. The van der Waals surface area contributed by atoms with Gasteiger partial charge in [0.25, 0.3) is 0 Å². The molecule has 0 aliphatic rings. The second kappa shape index (κ2) is 4.21. The Bertz CT molecular complexity index is 252. The Hall–Kier alpha value is 0.110. The molecule has 1 rings (SSSR count). The van der Waals surface area contributed by atoms with Gasteiger partial charge < -0.3 is 0 Å². The lowest BCUT2D eigenvalue weighted by molar-refractivity contribution is 0.986. The molecule has 1 nitrogen and oxygen atoms in total. The van der Waals surface area contributed by atoms with Crippen molar-refractivity contribution in [2.75, 3.05) is 0 Å². The topological polar surface area (TPSA) is 12.0 Å². The molecule has 1 aromatic rings. The van der Waals surface area contributed by atoms with Crippen LogP contribution in [0.15, 0.2) is 18.2 Å². The van der Waals surface area contributed by atoms with E-state index in [0.29, 0.717) is 16.6 Å². The first-order valence-corrected chi connectivity index (χ1v) is 4.25. The van der Waals surface area contributed by atoms with Crippen molar-refractivity contribution in [2.45, 2.75) is 6.54 Å². The standard InChI is InChI=1S/C7H7Cl2NS/c8-6-1-2-7(9)5(3-6)4-10-11/h1-3,10-11H,4H2. The van der Waals surface area contributed by atoms with Crippen LogP contribution in [-0.2, 0) is 6.54 Å². The van der Waals surface area contributed by atoms with E-state index >= 15 is 0 Å². The molecule has 0 aromatic heterocycles. The van der Waals surface area contributed by atoms with Gasteiger partial charge in [-0.05, 0) is 23.8 Å². The lowest BCUT2D eigenvalue weighted by Gasteiger charge is -2.02. The van der Waals surface area contributed by atoms with Gasteiger partial charge in [0.1, 0.15) is 0 Å². The Morgan fingerprint density at radius 2 is 2.09 bits per heavy atom. The van der Waals surface area contributed by atoms with Gasteiger partial charge in [0, 0.05) is 16.6 Å². The minimum atomic E-state index is 0.614. The molecule has 0 bridgehead atoms. The molecule has 0 saturated carbocycles. The van der Waals surface area contributed by atoms with Crippen molar-refractivity contribution >= 4 is 36.0 Å². The summed E-state index contributed by atoms with van der Waals surface area (Å²) in [4.78, 5) is 0. The van der Waals surface area contributed by atoms with Crippen LogP contribution in [0.2, 0.25) is 10.0 Å². The smallest absolute Gasteiger partial charge is 0.0452 e. The Morgan fingerprint density at radius 3 is 2.73 bits per heavy atom. The minimum Gasteiger partial charge on any atom is -0.262 e. The molecule has 0 aliphatic heterocycles. The molecule has 0 atom stereocenters. The summed E-state index contributed by atoms with van der Waals surface area (Å²) < 4.78 is 2.70. The quantitative estimate of drug-likeness (QED) is 0.712. The fraction of sp³-hybridized carbons (Fsp3) is 0.143. The van der Waals surface area contributed by atoms with Crippen LogP contribution in [0.1, 0.15) is 5.56 Å². The highest BCUT2D eigenvalue weighted by Crippen LogP contribution is 2.20. The van der Waals surface area contributed by atoms with Crippen LogP contribution < -0.4 is 4.72 Å². The van der Waals surface area contributed by atoms with E-state index in [0.717, 1.165) is 5.56 Å². The van der Waals surface area contributed by atoms with Crippen molar-refractivity contribution in [3.8, 4) is 0 Å². The SMILES string of the molecule is SNCc1cc(Cl)ccc1Cl. The highest BCUT2D eigenvalue weighted by Gasteiger charge is 1.98. The number of halogens is 2. The van der Waals surface area contributed by atoms with E-state index in [-0.39, 0.29) is 0 Å². The van der Waals surface area contributed by atoms with Crippen LogP contribution >= 0.6 is 36.0 Å². The Balaban J connectivity index is 2.93. The molecule has 0 fully saturated rings. The largest absolute Gasteiger partial charge is 0.262 e. The van der Waals surface area contributed by atoms with Crippen LogP contribution in [-0.4, -0.2) is 0 Å². The summed E-state index contributed by atoms with van der Waals surface area (Å²) in [5.74, 6) is 0. The fourth-order valence-electron chi connectivity index (χ4n) is 0.764. The van der Waals surface area contributed by atoms with Crippen molar-refractivity contribution < 1.29 is 0 Å². The lowest BCUT2D eigenvalue weighted by Crippen LogP contribution is -1.98. The third-order valence-corrected chi connectivity index (χ3v) is 2.04. The fourth-order valence-corrected chi connectivity index (χ4v) is 1.31. The van der Waals surface area contributed by atoms with Gasteiger partial charge in [-0.25, -0.2) is 0 Å². The van der Waals surface area contributed by atoms with E-state index in [1.807, 2.05) is 6.07 Å². The molecule has 4 heteroatoms. The van der Waals surface area contributed by atoms with E-state index in [4.69, 9.17) is 23.2 Å². The zero-order valence-electron chi connectivity index (χ0n) is 5.64. The van der Waals surface area contributed by atoms with E-state index < -0.39 is 0 Å². The summed E-state index contributed by atoms with van der Waals surface area (Å²) in [6.45, 7) is 0.614. The number of hydrogen-bond donors (Lipinski definition) is 2. The predicted octanol–water partition coefficient (Wildman–Crippen LogP) is 2.93. The van der Waals surface area contributed by atoms with Crippen LogP contribution in [0, 0.1) is 0 Å². The number of thiol groups is 1. The average Bonchev–Trinajstić information content (AvgIpc) is 1.98. The van der Waals surface area contributed by atoms with E-state index in [1.54, 1.807) is 12.1 Å². The molecule has 0 unspecified atom stereocenters. The summed E-state index contributed by atoms with van der Waals surface area (Å²) >= 11 is 15.4. The van der Waals surface area contributed by atoms with Crippen molar-refractivity contribution in [1.29, 1.82) is 0 Å². The van der Waals surface area contributed by atoms with Crippen LogP contribution in [0.25, 0.3) is 0 Å². The second-order valence-electron chi connectivity index (χ2n) is 2.07. The zero-order chi connectivity index (χ0) is 8.27. The van der Waals surface area contributed by atoms with Gasteiger partial charge in [-0.15, -0.1) is 0 Å². The van der Waals surface area contributed by atoms with E-state index in [1.165, 1.54) is 0 Å². The first-order valence-electron chi connectivity index (χ1n) is 3.05. The monoisotopic (exact) mass is 207 g/mol. The van der Waals surface area contributed by atoms with Crippen molar-refractivity contribution in [3.05, 3.63) is 33.8 Å². The molecular formula is C7H7Cl2NS. The molecule has 0 amide bonds. The molecule has 1 N–H and O–H groups in total. The number of benzene rings is 1. The summed E-state index contributed by atoms with van der Waals surface area (Å²) in [6.07, 6.45) is 0. The van der Waals surface area contributed by atoms with Gasteiger partial charge in [-0.1, -0.05) is 36.0 Å². The van der Waals surface area contributed by atoms with E-state index in [9.17, 15) is 0 Å². The van der Waals surface area contributed by atoms with Gasteiger partial charge in [0.15, 0.2) is 0 Å². The van der Waals surface area contributed by atoms with Crippen molar-refractivity contribution in [3.63, 3.8) is 0 Å². The van der Waals surface area contributed by atoms with Gasteiger partial charge in [0.05, 0.1) is 0 Å². The third kappa shape index (κ3) is 2.56. The van der Waals surface area contributed by atoms with Crippen molar-refractivity contribution in [2.24, 2.45) is 0 Å². The maximum atomic E-state index is 5.84. The molecular weight excluding hydrogens is 201 g/mol. The first-order chi connectivity index (χ1) is 5.24. The summed E-state index contributed by atoms with van der Waals surface area (Å²) in [7, 11) is 0. The maximum Gasteiger partial charge on any atom is 0.0452 e. The van der Waals surface area contributed by atoms with Gasteiger partial charge in [-0.3, -0.25) is 4.72 Å². The minimum absolute atomic E-state index is 0.614. The zero-order valence-corrected chi connectivity index (χ0v) is 8.05. The second-order valence-corrected chi connectivity index (χ2v) is 3.23. The Kier molecular flexibility index (Phi) is 3.52. The van der Waals surface area contributed by atoms with Gasteiger partial charge in [0.2, 0.25) is 0 Å². The summed E-state index contributed by atoms with van der Waals surface area (Å²) in [5.41, 5.74) is 0.953. The summed E-state index contributed by atoms with van der Waals surface area (Å²) in [6, 6.07) is 5.34. The first kappa shape index (κ1) is 9.20. The molecule has 1 aromatic carbocycles.